The standard InChI is InChI=1S/C31H28F4N2O3/c1-17(18-6-7-18)14-26(38)21-5-3-4-20(15-21)23-16-24-27(29(39)36-2)28(19-8-10-22(32)11-9-19)40-30(24)37-25(23)12-13-31(33,34)35/h3-5,8-11,15-18H,6-7,12-14H2,1-2H3,(H,36,39)/t17-/m0/s1. The van der Waals surface area contributed by atoms with E-state index in [2.05, 4.69) is 17.2 Å². The maximum absolute atomic E-state index is 13.6. The molecule has 5 nitrogen and oxygen atoms in total. The van der Waals surface area contributed by atoms with Crippen LogP contribution in [0, 0.1) is 17.7 Å². The zero-order chi connectivity index (χ0) is 28.6. The number of Topliss-reactive ketones (excluding diaryl/α,β-unsaturated/α-hetero) is 1. The highest BCUT2D eigenvalue weighted by atomic mass is 19.4. The molecule has 5 rings (SSSR count). The monoisotopic (exact) mass is 552 g/mol. The smallest absolute Gasteiger partial charge is 0.389 e. The zero-order valence-electron chi connectivity index (χ0n) is 22.1. The number of aromatic nitrogens is 1. The number of furan rings is 1. The predicted molar refractivity (Wildman–Crippen MR) is 143 cm³/mol. The van der Waals surface area contributed by atoms with E-state index in [0.717, 1.165) is 12.8 Å². The third-order valence-corrected chi connectivity index (χ3v) is 7.40. The van der Waals surface area contributed by atoms with Gasteiger partial charge < -0.3 is 9.73 Å². The van der Waals surface area contributed by atoms with Crippen molar-refractivity contribution in [3.05, 3.63) is 77.2 Å². The van der Waals surface area contributed by atoms with E-state index in [9.17, 15) is 27.2 Å². The summed E-state index contributed by atoms with van der Waals surface area (Å²) in [6.45, 7) is 2.06. The normalized spacial score (nSPS) is 14.3. The van der Waals surface area contributed by atoms with Gasteiger partial charge in [-0.15, -0.1) is 0 Å². The maximum Gasteiger partial charge on any atom is 0.389 e. The van der Waals surface area contributed by atoms with Crippen LogP contribution in [0.2, 0.25) is 0 Å². The van der Waals surface area contributed by atoms with Crippen LogP contribution in [-0.4, -0.2) is 29.9 Å². The lowest BCUT2D eigenvalue weighted by atomic mass is 9.93. The van der Waals surface area contributed by atoms with E-state index in [0.29, 0.717) is 40.0 Å². The first-order valence-corrected chi connectivity index (χ1v) is 13.2. The Morgan fingerprint density at radius 1 is 1.07 bits per heavy atom. The van der Waals surface area contributed by atoms with Gasteiger partial charge in [-0.1, -0.05) is 25.1 Å². The number of ketones is 1. The van der Waals surface area contributed by atoms with Gasteiger partial charge in [-0.3, -0.25) is 9.59 Å². The molecule has 0 bridgehead atoms. The number of amides is 1. The van der Waals surface area contributed by atoms with Crippen LogP contribution < -0.4 is 5.32 Å². The lowest BCUT2D eigenvalue weighted by Crippen LogP contribution is -2.18. The zero-order valence-corrected chi connectivity index (χ0v) is 22.1. The molecule has 9 heteroatoms. The van der Waals surface area contributed by atoms with Crippen molar-refractivity contribution in [3.63, 3.8) is 0 Å². The van der Waals surface area contributed by atoms with Crippen molar-refractivity contribution >= 4 is 22.8 Å². The number of nitrogens with zero attached hydrogens (tertiary/aromatic N) is 1. The molecule has 0 saturated heterocycles. The second-order valence-corrected chi connectivity index (χ2v) is 10.4. The van der Waals surface area contributed by atoms with Gasteiger partial charge in [-0.2, -0.15) is 13.2 Å². The number of halogens is 4. The highest BCUT2D eigenvalue weighted by Gasteiger charge is 2.31. The number of alkyl halides is 3. The maximum atomic E-state index is 13.6. The molecule has 0 unspecified atom stereocenters. The topological polar surface area (TPSA) is 72.2 Å². The summed E-state index contributed by atoms with van der Waals surface area (Å²) in [7, 11) is 1.44. The van der Waals surface area contributed by atoms with Crippen LogP contribution in [0.5, 0.6) is 0 Å². The second kappa shape index (κ2) is 10.9. The lowest BCUT2D eigenvalue weighted by molar-refractivity contribution is -0.134. The Kier molecular flexibility index (Phi) is 7.49. The number of hydrogen-bond donors (Lipinski definition) is 1. The first-order valence-electron chi connectivity index (χ1n) is 13.2. The molecule has 0 aliphatic heterocycles. The van der Waals surface area contributed by atoms with Crippen molar-refractivity contribution in [3.8, 4) is 22.5 Å². The van der Waals surface area contributed by atoms with Crippen molar-refractivity contribution in [2.75, 3.05) is 7.05 Å². The van der Waals surface area contributed by atoms with Crippen LogP contribution in [0.15, 0.2) is 59.0 Å². The van der Waals surface area contributed by atoms with E-state index >= 15 is 0 Å². The van der Waals surface area contributed by atoms with E-state index < -0.39 is 30.7 Å². The summed E-state index contributed by atoms with van der Waals surface area (Å²) < 4.78 is 59.2. The molecule has 4 aromatic rings. The molecule has 208 valence electrons. The highest BCUT2D eigenvalue weighted by molar-refractivity contribution is 6.11. The summed E-state index contributed by atoms with van der Waals surface area (Å²) >= 11 is 0. The van der Waals surface area contributed by atoms with Gasteiger partial charge in [0, 0.05) is 36.6 Å². The Labute approximate surface area is 228 Å². The summed E-state index contributed by atoms with van der Waals surface area (Å²) in [5.41, 5.74) is 2.02. The molecule has 0 spiro atoms. The number of carbonyl (C=O) groups is 2. The number of carbonyl (C=O) groups excluding carboxylic acids is 2. The van der Waals surface area contributed by atoms with Crippen LogP contribution in [0.3, 0.4) is 0 Å². The fourth-order valence-corrected chi connectivity index (χ4v) is 5.02. The van der Waals surface area contributed by atoms with Gasteiger partial charge in [-0.25, -0.2) is 9.37 Å². The minimum atomic E-state index is -4.42. The quantitative estimate of drug-likeness (QED) is 0.170. The van der Waals surface area contributed by atoms with E-state index in [4.69, 9.17) is 4.42 Å². The van der Waals surface area contributed by atoms with Crippen molar-refractivity contribution in [2.45, 2.75) is 45.2 Å². The predicted octanol–water partition coefficient (Wildman–Crippen LogP) is 7.77. The molecule has 1 N–H and O–H groups in total. The Morgan fingerprint density at radius 3 is 2.45 bits per heavy atom. The number of pyridine rings is 1. The summed E-state index contributed by atoms with van der Waals surface area (Å²) in [4.78, 5) is 30.5. The van der Waals surface area contributed by atoms with Crippen LogP contribution in [0.25, 0.3) is 33.6 Å². The van der Waals surface area contributed by atoms with Crippen molar-refractivity contribution < 1.29 is 31.6 Å². The Hall–Kier alpha value is -4.01. The van der Waals surface area contributed by atoms with Crippen molar-refractivity contribution in [2.24, 2.45) is 11.8 Å². The summed E-state index contributed by atoms with van der Waals surface area (Å²) in [5, 5.41) is 2.86. The fourth-order valence-electron chi connectivity index (χ4n) is 5.02. The molecule has 1 saturated carbocycles. The van der Waals surface area contributed by atoms with Crippen LogP contribution >= 0.6 is 0 Å². The van der Waals surface area contributed by atoms with Gasteiger partial charge >= 0.3 is 6.18 Å². The SMILES string of the molecule is CNC(=O)c1c(-c2ccc(F)cc2)oc2nc(CCC(F)(F)F)c(-c3cccc(C(=O)C[C@H](C)C4CC4)c3)cc12. The Morgan fingerprint density at radius 2 is 1.80 bits per heavy atom. The molecule has 1 atom stereocenters. The largest absolute Gasteiger partial charge is 0.437 e. The number of nitrogens with one attached hydrogen (secondary N) is 1. The van der Waals surface area contributed by atoms with Crippen molar-refractivity contribution in [1.82, 2.24) is 10.3 Å². The van der Waals surface area contributed by atoms with Crippen LogP contribution in [0.1, 0.15) is 59.0 Å². The molecule has 1 aliphatic carbocycles. The molecular formula is C31H28F4N2O3. The first kappa shape index (κ1) is 27.6. The molecule has 2 aromatic carbocycles. The number of hydrogen-bond acceptors (Lipinski definition) is 4. The van der Waals surface area contributed by atoms with Crippen molar-refractivity contribution in [1.29, 1.82) is 0 Å². The molecular weight excluding hydrogens is 524 g/mol. The van der Waals surface area contributed by atoms with Crippen LogP contribution in [0.4, 0.5) is 17.6 Å². The van der Waals surface area contributed by atoms with E-state index in [1.807, 2.05) is 0 Å². The summed E-state index contributed by atoms with van der Waals surface area (Å²) in [6, 6.07) is 13.7. The number of aryl methyl sites for hydroxylation is 1. The Bertz CT molecular complexity index is 1570. The number of fused-ring (bicyclic) bond motifs is 1. The average molecular weight is 553 g/mol. The molecule has 2 heterocycles. The van der Waals surface area contributed by atoms with E-state index in [1.165, 1.54) is 31.3 Å². The van der Waals surface area contributed by atoms with Gasteiger partial charge in [0.15, 0.2) is 5.78 Å². The molecule has 2 aromatic heterocycles. The number of benzene rings is 2. The fraction of sp³-hybridized carbons (Fsp3) is 0.323. The average Bonchev–Trinajstić information content (AvgIpc) is 3.72. The highest BCUT2D eigenvalue weighted by Crippen LogP contribution is 2.40. The van der Waals surface area contributed by atoms with Crippen LogP contribution in [-0.2, 0) is 6.42 Å². The summed E-state index contributed by atoms with van der Waals surface area (Å²) in [6.07, 6.45) is -3.30. The van der Waals surface area contributed by atoms with E-state index in [1.54, 1.807) is 30.3 Å². The van der Waals surface area contributed by atoms with Gasteiger partial charge in [0.05, 0.1) is 16.6 Å². The number of rotatable bonds is 9. The van der Waals surface area contributed by atoms with Gasteiger partial charge in [-0.05, 0) is 73.1 Å². The van der Waals surface area contributed by atoms with Gasteiger partial charge in [0.2, 0.25) is 5.71 Å². The second-order valence-electron chi connectivity index (χ2n) is 10.4. The molecule has 0 radical (unpaired) electrons. The van der Waals surface area contributed by atoms with Gasteiger partial charge in [0.1, 0.15) is 11.6 Å². The molecule has 1 fully saturated rings. The summed E-state index contributed by atoms with van der Waals surface area (Å²) in [5.74, 6) is -0.0439. The minimum absolute atomic E-state index is 0.00987. The Balaban J connectivity index is 1.65. The lowest BCUT2D eigenvalue weighted by Gasteiger charge is -2.13. The minimum Gasteiger partial charge on any atom is -0.437 e. The first-order chi connectivity index (χ1) is 19.0. The third-order valence-electron chi connectivity index (χ3n) is 7.40. The molecule has 40 heavy (non-hydrogen) atoms. The third kappa shape index (κ3) is 5.93. The molecule has 1 amide bonds. The van der Waals surface area contributed by atoms with Gasteiger partial charge in [0.25, 0.3) is 5.91 Å². The molecule has 1 aliphatic rings. The van der Waals surface area contributed by atoms with E-state index in [-0.39, 0.29) is 34.4 Å².